The number of nitrogen functional groups attached to an aromatic ring is 1. The molecule has 0 atom stereocenters. The number of nitrogens with two attached hydrogens (primary N) is 1. The molecule has 0 amide bonds. The van der Waals surface area contributed by atoms with Gasteiger partial charge in [0, 0.05) is 4.90 Å². The summed E-state index contributed by atoms with van der Waals surface area (Å²) in [5.74, 6) is 0. The third-order valence-corrected chi connectivity index (χ3v) is 3.52. The molecule has 0 bridgehead atoms. The van der Waals surface area contributed by atoms with E-state index in [1.807, 2.05) is 31.2 Å². The number of rotatable bonds is 3. The second-order valence-corrected chi connectivity index (χ2v) is 4.98. The van der Waals surface area contributed by atoms with Gasteiger partial charge in [0.15, 0.2) is 0 Å². The van der Waals surface area contributed by atoms with Gasteiger partial charge in [-0.3, -0.25) is 10.1 Å². The average molecular weight is 260 g/mol. The lowest BCUT2D eigenvalue weighted by molar-refractivity contribution is -0.386. The minimum atomic E-state index is -0.439. The van der Waals surface area contributed by atoms with E-state index in [1.165, 1.54) is 17.8 Å². The Hall–Kier alpha value is -2.01. The van der Waals surface area contributed by atoms with Crippen molar-refractivity contribution in [1.29, 1.82) is 0 Å². The van der Waals surface area contributed by atoms with Crippen LogP contribution in [0.2, 0.25) is 0 Å². The van der Waals surface area contributed by atoms with Gasteiger partial charge in [0.05, 0.1) is 9.82 Å². The molecule has 0 saturated heterocycles. The van der Waals surface area contributed by atoms with Crippen LogP contribution in [-0.2, 0) is 0 Å². The van der Waals surface area contributed by atoms with Crippen molar-refractivity contribution in [2.75, 3.05) is 5.73 Å². The van der Waals surface area contributed by atoms with Crippen molar-refractivity contribution in [3.63, 3.8) is 0 Å². The first-order valence-corrected chi connectivity index (χ1v) is 6.17. The molecule has 0 heterocycles. The van der Waals surface area contributed by atoms with E-state index in [-0.39, 0.29) is 11.4 Å². The van der Waals surface area contributed by atoms with Crippen LogP contribution in [0.3, 0.4) is 0 Å². The maximum atomic E-state index is 11.0. The Balaban J connectivity index is 2.37. The van der Waals surface area contributed by atoms with Crippen LogP contribution in [0, 0.1) is 17.0 Å². The van der Waals surface area contributed by atoms with E-state index in [2.05, 4.69) is 0 Å². The lowest BCUT2D eigenvalue weighted by atomic mass is 10.2. The Kier molecular flexibility index (Phi) is 3.53. The van der Waals surface area contributed by atoms with Crippen LogP contribution >= 0.6 is 11.8 Å². The molecule has 2 rings (SSSR count). The average Bonchev–Trinajstić information content (AvgIpc) is 2.32. The summed E-state index contributed by atoms with van der Waals surface area (Å²) in [6, 6.07) is 12.8. The number of nitro groups is 1. The number of benzene rings is 2. The molecule has 4 nitrogen and oxygen atoms in total. The zero-order valence-corrected chi connectivity index (χ0v) is 10.6. The molecular weight excluding hydrogens is 248 g/mol. The fraction of sp³-hybridized carbons (Fsp3) is 0.0769. The Morgan fingerprint density at radius 3 is 2.44 bits per heavy atom. The second kappa shape index (κ2) is 5.10. The topological polar surface area (TPSA) is 69.2 Å². The molecule has 0 aliphatic heterocycles. The number of nitro benzene ring substituents is 1. The normalized spacial score (nSPS) is 10.3. The fourth-order valence-corrected chi connectivity index (χ4v) is 2.51. The van der Waals surface area contributed by atoms with Crippen LogP contribution in [0.15, 0.2) is 52.3 Å². The molecule has 0 radical (unpaired) electrons. The van der Waals surface area contributed by atoms with Crippen molar-refractivity contribution in [1.82, 2.24) is 0 Å². The highest BCUT2D eigenvalue weighted by Crippen LogP contribution is 2.37. The van der Waals surface area contributed by atoms with E-state index >= 15 is 0 Å². The first kappa shape index (κ1) is 12.4. The van der Waals surface area contributed by atoms with Crippen LogP contribution < -0.4 is 5.73 Å². The molecule has 0 aliphatic carbocycles. The highest BCUT2D eigenvalue weighted by atomic mass is 32.2. The van der Waals surface area contributed by atoms with Gasteiger partial charge >= 0.3 is 5.69 Å². The van der Waals surface area contributed by atoms with Gasteiger partial charge in [0.2, 0.25) is 0 Å². The Morgan fingerprint density at radius 1 is 1.17 bits per heavy atom. The summed E-state index contributed by atoms with van der Waals surface area (Å²) >= 11 is 1.34. The number of anilines is 1. The van der Waals surface area contributed by atoms with E-state index in [4.69, 9.17) is 5.73 Å². The summed E-state index contributed by atoms with van der Waals surface area (Å²) in [6.45, 7) is 2.00. The predicted octanol–water partition coefficient (Wildman–Crippen LogP) is 3.64. The highest BCUT2D eigenvalue weighted by Gasteiger charge is 2.18. The van der Waals surface area contributed by atoms with Crippen LogP contribution in [0.4, 0.5) is 11.4 Å². The molecule has 2 N–H and O–H groups in total. The van der Waals surface area contributed by atoms with E-state index in [9.17, 15) is 10.1 Å². The van der Waals surface area contributed by atoms with Gasteiger partial charge in [-0.05, 0) is 31.2 Å². The van der Waals surface area contributed by atoms with Crippen LogP contribution in [0.25, 0.3) is 0 Å². The SMILES string of the molecule is Cc1ccc(Sc2cccc(N)c2[N+](=O)[O-])cc1. The second-order valence-electron chi connectivity index (χ2n) is 3.87. The van der Waals surface area contributed by atoms with Gasteiger partial charge in [-0.25, -0.2) is 0 Å². The van der Waals surface area contributed by atoms with E-state index in [0.29, 0.717) is 4.90 Å². The van der Waals surface area contributed by atoms with Crippen LogP contribution in [-0.4, -0.2) is 4.92 Å². The molecule has 92 valence electrons. The van der Waals surface area contributed by atoms with Crippen molar-refractivity contribution in [3.05, 3.63) is 58.1 Å². The van der Waals surface area contributed by atoms with Gasteiger partial charge in [-0.15, -0.1) is 0 Å². The van der Waals surface area contributed by atoms with Crippen molar-refractivity contribution < 1.29 is 4.92 Å². The Bertz CT molecular complexity index is 582. The third-order valence-electron chi connectivity index (χ3n) is 2.46. The van der Waals surface area contributed by atoms with Crippen LogP contribution in [0.1, 0.15) is 5.56 Å². The van der Waals surface area contributed by atoms with Crippen molar-refractivity contribution >= 4 is 23.1 Å². The summed E-state index contributed by atoms with van der Waals surface area (Å²) in [5.41, 5.74) is 6.97. The number of aryl methyl sites for hydroxylation is 1. The minimum Gasteiger partial charge on any atom is -0.393 e. The van der Waals surface area contributed by atoms with Gasteiger partial charge in [0.1, 0.15) is 5.69 Å². The maximum absolute atomic E-state index is 11.0. The lowest BCUT2D eigenvalue weighted by Gasteiger charge is -2.05. The summed E-state index contributed by atoms with van der Waals surface area (Å²) in [4.78, 5) is 12.1. The smallest absolute Gasteiger partial charge is 0.305 e. The van der Waals surface area contributed by atoms with Gasteiger partial charge in [0.25, 0.3) is 0 Å². The zero-order valence-electron chi connectivity index (χ0n) is 9.79. The third kappa shape index (κ3) is 2.62. The molecule has 0 saturated carbocycles. The Morgan fingerprint density at radius 2 is 1.83 bits per heavy atom. The summed E-state index contributed by atoms with van der Waals surface area (Å²) in [6.07, 6.45) is 0. The lowest BCUT2D eigenvalue weighted by Crippen LogP contribution is -1.97. The van der Waals surface area contributed by atoms with Crippen molar-refractivity contribution in [2.45, 2.75) is 16.7 Å². The number of hydrogen-bond acceptors (Lipinski definition) is 4. The zero-order chi connectivity index (χ0) is 13.1. The first-order valence-electron chi connectivity index (χ1n) is 5.35. The summed E-state index contributed by atoms with van der Waals surface area (Å²) in [5, 5.41) is 11.0. The maximum Gasteiger partial charge on any atom is 0.305 e. The van der Waals surface area contributed by atoms with Crippen molar-refractivity contribution in [2.24, 2.45) is 0 Å². The fourth-order valence-electron chi connectivity index (χ4n) is 1.55. The quantitative estimate of drug-likeness (QED) is 0.519. The first-order chi connectivity index (χ1) is 8.58. The van der Waals surface area contributed by atoms with Gasteiger partial charge in [-0.1, -0.05) is 35.5 Å². The largest absolute Gasteiger partial charge is 0.393 e. The standard InChI is InChI=1S/C13H12N2O2S/c1-9-5-7-10(8-6-9)18-12-4-2-3-11(14)13(12)15(16)17/h2-8H,14H2,1H3. The molecular formula is C13H12N2O2S. The molecule has 0 unspecified atom stereocenters. The Labute approximate surface area is 109 Å². The molecule has 0 spiro atoms. The molecule has 18 heavy (non-hydrogen) atoms. The molecule has 0 fully saturated rings. The van der Waals surface area contributed by atoms with E-state index in [1.54, 1.807) is 12.1 Å². The molecule has 2 aromatic carbocycles. The molecule has 0 aromatic heterocycles. The molecule has 2 aromatic rings. The minimum absolute atomic E-state index is 0.0249. The summed E-state index contributed by atoms with van der Waals surface area (Å²) < 4.78 is 0. The van der Waals surface area contributed by atoms with Gasteiger partial charge in [-0.2, -0.15) is 0 Å². The summed E-state index contributed by atoms with van der Waals surface area (Å²) in [7, 11) is 0. The monoisotopic (exact) mass is 260 g/mol. The number of para-hydroxylation sites is 1. The van der Waals surface area contributed by atoms with E-state index < -0.39 is 4.92 Å². The van der Waals surface area contributed by atoms with Gasteiger partial charge < -0.3 is 5.73 Å². The molecule has 5 heteroatoms. The number of hydrogen-bond donors (Lipinski definition) is 1. The number of nitrogens with zero attached hydrogens (tertiary/aromatic N) is 1. The van der Waals surface area contributed by atoms with Crippen molar-refractivity contribution in [3.8, 4) is 0 Å². The molecule has 0 aliphatic rings. The van der Waals surface area contributed by atoms with E-state index in [0.717, 1.165) is 10.5 Å². The van der Waals surface area contributed by atoms with Crippen LogP contribution in [0.5, 0.6) is 0 Å². The predicted molar refractivity (Wildman–Crippen MR) is 72.8 cm³/mol. The highest BCUT2D eigenvalue weighted by molar-refractivity contribution is 7.99.